The van der Waals surface area contributed by atoms with Crippen LogP contribution in [0.15, 0.2) is 6.20 Å². The van der Waals surface area contributed by atoms with Crippen molar-refractivity contribution in [3.8, 4) is 6.01 Å². The van der Waals surface area contributed by atoms with E-state index in [1.807, 2.05) is 0 Å². The molecular formula is C8H11FN4O. The van der Waals surface area contributed by atoms with Gasteiger partial charge in [0.1, 0.15) is 6.10 Å². The maximum atomic E-state index is 12.7. The average molecular weight is 198 g/mol. The van der Waals surface area contributed by atoms with Crippen molar-refractivity contribution >= 4 is 5.82 Å². The summed E-state index contributed by atoms with van der Waals surface area (Å²) in [4.78, 5) is 7.36. The van der Waals surface area contributed by atoms with Crippen molar-refractivity contribution in [2.45, 2.75) is 12.5 Å². The summed E-state index contributed by atoms with van der Waals surface area (Å²) in [5.74, 6) is -0.803. The second-order valence-electron chi connectivity index (χ2n) is 3.12. The molecule has 1 saturated heterocycles. The first-order chi connectivity index (χ1) is 6.75. The van der Waals surface area contributed by atoms with Crippen molar-refractivity contribution in [1.29, 1.82) is 0 Å². The Bertz CT molecular complexity index is 327. The van der Waals surface area contributed by atoms with E-state index in [0.29, 0.717) is 0 Å². The highest BCUT2D eigenvalue weighted by Crippen LogP contribution is 2.12. The van der Waals surface area contributed by atoms with Gasteiger partial charge in [0.15, 0.2) is 11.6 Å². The van der Waals surface area contributed by atoms with E-state index < -0.39 is 5.82 Å². The first-order valence-corrected chi connectivity index (χ1v) is 4.41. The summed E-state index contributed by atoms with van der Waals surface area (Å²) in [6.45, 7) is 1.68. The van der Waals surface area contributed by atoms with Crippen LogP contribution in [0.25, 0.3) is 0 Å². The minimum absolute atomic E-state index is 0.0554. The first kappa shape index (κ1) is 9.14. The lowest BCUT2D eigenvalue weighted by molar-refractivity contribution is 0.204. The summed E-state index contributed by atoms with van der Waals surface area (Å²) in [5.41, 5.74) is 5.27. The van der Waals surface area contributed by atoms with E-state index in [9.17, 15) is 4.39 Å². The predicted octanol–water partition coefficient (Wildman–Crippen LogP) is -0.0614. The van der Waals surface area contributed by atoms with E-state index in [1.165, 1.54) is 0 Å². The monoisotopic (exact) mass is 198 g/mol. The normalized spacial score (nSPS) is 21.1. The zero-order chi connectivity index (χ0) is 9.97. The lowest BCUT2D eigenvalue weighted by atomic mass is 10.3. The quantitative estimate of drug-likeness (QED) is 0.696. The van der Waals surface area contributed by atoms with Crippen LogP contribution in [0.3, 0.4) is 0 Å². The van der Waals surface area contributed by atoms with Crippen molar-refractivity contribution in [2.24, 2.45) is 0 Å². The van der Waals surface area contributed by atoms with Crippen LogP contribution in [0, 0.1) is 5.82 Å². The summed E-state index contributed by atoms with van der Waals surface area (Å²) in [7, 11) is 0. The topological polar surface area (TPSA) is 73.1 Å². The third-order valence-electron chi connectivity index (χ3n) is 2.04. The van der Waals surface area contributed by atoms with E-state index in [2.05, 4.69) is 15.3 Å². The van der Waals surface area contributed by atoms with Crippen molar-refractivity contribution in [2.75, 3.05) is 18.8 Å². The van der Waals surface area contributed by atoms with Crippen molar-refractivity contribution < 1.29 is 9.13 Å². The number of halogens is 1. The Kier molecular flexibility index (Phi) is 2.45. The number of nitrogens with one attached hydrogen (secondary N) is 1. The highest BCUT2D eigenvalue weighted by Gasteiger charge is 2.17. The molecule has 2 heterocycles. The number of aromatic nitrogens is 2. The molecular weight excluding hydrogens is 187 g/mol. The number of nitrogen functional groups attached to an aromatic ring is 1. The molecule has 0 aliphatic carbocycles. The van der Waals surface area contributed by atoms with Crippen LogP contribution in [0.2, 0.25) is 0 Å². The first-order valence-electron chi connectivity index (χ1n) is 4.41. The molecule has 0 radical (unpaired) electrons. The molecule has 1 atom stereocenters. The number of rotatable bonds is 2. The Hall–Kier alpha value is -1.43. The van der Waals surface area contributed by atoms with Gasteiger partial charge in [-0.15, -0.1) is 0 Å². The van der Waals surface area contributed by atoms with Crippen LogP contribution in [-0.4, -0.2) is 29.2 Å². The molecule has 0 saturated carbocycles. The van der Waals surface area contributed by atoms with Gasteiger partial charge < -0.3 is 15.8 Å². The Morgan fingerprint density at radius 3 is 3.14 bits per heavy atom. The molecule has 6 heteroatoms. The SMILES string of the molecule is Nc1nc(O[C@H]2CCNC2)ncc1F. The lowest BCUT2D eigenvalue weighted by Crippen LogP contribution is -2.21. The zero-order valence-electron chi connectivity index (χ0n) is 7.53. The number of nitrogens with zero attached hydrogens (tertiary/aromatic N) is 2. The van der Waals surface area contributed by atoms with Crippen LogP contribution in [0.5, 0.6) is 6.01 Å². The highest BCUT2D eigenvalue weighted by molar-refractivity contribution is 5.29. The second kappa shape index (κ2) is 3.75. The molecule has 0 amide bonds. The fraction of sp³-hybridized carbons (Fsp3) is 0.500. The Balaban J connectivity index is 2.05. The predicted molar refractivity (Wildman–Crippen MR) is 48.3 cm³/mol. The summed E-state index contributed by atoms with van der Waals surface area (Å²) >= 11 is 0. The molecule has 0 aromatic carbocycles. The maximum Gasteiger partial charge on any atom is 0.318 e. The smallest absolute Gasteiger partial charge is 0.318 e. The van der Waals surface area contributed by atoms with Gasteiger partial charge in [-0.05, 0) is 13.0 Å². The van der Waals surface area contributed by atoms with Crippen LogP contribution >= 0.6 is 0 Å². The highest BCUT2D eigenvalue weighted by atomic mass is 19.1. The Labute approximate surface area is 80.5 Å². The van der Waals surface area contributed by atoms with Crippen LogP contribution < -0.4 is 15.8 Å². The van der Waals surface area contributed by atoms with Crippen molar-refractivity contribution in [3.05, 3.63) is 12.0 Å². The third kappa shape index (κ3) is 1.90. The largest absolute Gasteiger partial charge is 0.459 e. The lowest BCUT2D eigenvalue weighted by Gasteiger charge is -2.10. The van der Waals surface area contributed by atoms with Gasteiger partial charge in [-0.3, -0.25) is 0 Å². The van der Waals surface area contributed by atoms with Gasteiger partial charge >= 0.3 is 6.01 Å². The molecule has 2 rings (SSSR count). The molecule has 1 aromatic heterocycles. The molecule has 0 bridgehead atoms. The number of ether oxygens (including phenoxy) is 1. The molecule has 0 unspecified atom stereocenters. The standard InChI is InChI=1S/C8H11FN4O/c9-6-4-12-8(13-7(6)10)14-5-1-2-11-3-5/h4-5,11H,1-3H2,(H2,10,12,13)/t5-/m0/s1. The molecule has 76 valence electrons. The van der Waals surface area contributed by atoms with E-state index in [1.54, 1.807) is 0 Å². The summed E-state index contributed by atoms with van der Waals surface area (Å²) in [6, 6.07) is 0.137. The number of anilines is 1. The molecule has 14 heavy (non-hydrogen) atoms. The molecule has 1 aromatic rings. The summed E-state index contributed by atoms with van der Waals surface area (Å²) < 4.78 is 18.1. The molecule has 1 fully saturated rings. The number of hydrogen-bond donors (Lipinski definition) is 2. The van der Waals surface area contributed by atoms with Crippen LogP contribution in [0.1, 0.15) is 6.42 Å². The molecule has 1 aliphatic rings. The Morgan fingerprint density at radius 1 is 1.64 bits per heavy atom. The fourth-order valence-corrected chi connectivity index (χ4v) is 1.30. The summed E-state index contributed by atoms with van der Waals surface area (Å²) in [6.07, 6.45) is 1.97. The molecule has 3 N–H and O–H groups in total. The number of nitrogens with two attached hydrogens (primary N) is 1. The van der Waals surface area contributed by atoms with Gasteiger partial charge in [-0.1, -0.05) is 0 Å². The van der Waals surface area contributed by atoms with E-state index in [-0.39, 0.29) is 17.9 Å². The van der Waals surface area contributed by atoms with E-state index in [4.69, 9.17) is 10.5 Å². The van der Waals surface area contributed by atoms with Gasteiger partial charge in [0.2, 0.25) is 0 Å². The minimum Gasteiger partial charge on any atom is -0.459 e. The van der Waals surface area contributed by atoms with Gasteiger partial charge in [0.05, 0.1) is 6.20 Å². The summed E-state index contributed by atoms with van der Waals surface area (Å²) in [5, 5.41) is 3.13. The van der Waals surface area contributed by atoms with E-state index >= 15 is 0 Å². The van der Waals surface area contributed by atoms with Gasteiger partial charge in [-0.25, -0.2) is 9.37 Å². The van der Waals surface area contributed by atoms with E-state index in [0.717, 1.165) is 25.7 Å². The van der Waals surface area contributed by atoms with Crippen LogP contribution in [-0.2, 0) is 0 Å². The molecule has 1 aliphatic heterocycles. The molecule has 0 spiro atoms. The second-order valence-corrected chi connectivity index (χ2v) is 3.12. The zero-order valence-corrected chi connectivity index (χ0v) is 7.53. The van der Waals surface area contributed by atoms with Gasteiger partial charge in [0.25, 0.3) is 0 Å². The average Bonchev–Trinajstić information content (AvgIpc) is 2.64. The van der Waals surface area contributed by atoms with Gasteiger partial charge in [-0.2, -0.15) is 4.98 Å². The number of hydrogen-bond acceptors (Lipinski definition) is 5. The van der Waals surface area contributed by atoms with Crippen molar-refractivity contribution in [1.82, 2.24) is 15.3 Å². The fourth-order valence-electron chi connectivity index (χ4n) is 1.30. The van der Waals surface area contributed by atoms with Crippen molar-refractivity contribution in [3.63, 3.8) is 0 Å². The van der Waals surface area contributed by atoms with Crippen LogP contribution in [0.4, 0.5) is 10.2 Å². The van der Waals surface area contributed by atoms with Gasteiger partial charge in [0, 0.05) is 6.54 Å². The third-order valence-corrected chi connectivity index (χ3v) is 2.04. The maximum absolute atomic E-state index is 12.7. The minimum atomic E-state index is -0.623. The molecule has 5 nitrogen and oxygen atoms in total. The Morgan fingerprint density at radius 2 is 2.50 bits per heavy atom.